The van der Waals surface area contributed by atoms with Crippen LogP contribution in [0.3, 0.4) is 0 Å². The molecule has 0 atom stereocenters. The fourth-order valence-electron chi connectivity index (χ4n) is 1.16. The summed E-state index contributed by atoms with van der Waals surface area (Å²) in [5.74, 6) is 1.33. The molecule has 0 bridgehead atoms. The third-order valence-corrected chi connectivity index (χ3v) is 1.88. The van der Waals surface area contributed by atoms with Gasteiger partial charge in [-0.2, -0.15) is 0 Å². The fraction of sp³-hybridized carbons (Fsp3) is 0.455. The van der Waals surface area contributed by atoms with Crippen molar-refractivity contribution in [3.63, 3.8) is 0 Å². The molecule has 0 aliphatic rings. The predicted molar refractivity (Wildman–Crippen MR) is 59.4 cm³/mol. The lowest BCUT2D eigenvalue weighted by Crippen LogP contribution is -2.07. The Labute approximate surface area is 89.9 Å². The normalized spacial score (nSPS) is 10.0. The summed E-state index contributed by atoms with van der Waals surface area (Å²) in [5.41, 5.74) is 6.28. The second kappa shape index (κ2) is 6.14. The molecule has 0 amide bonds. The molecule has 15 heavy (non-hydrogen) atoms. The number of hydrogen-bond donors (Lipinski definition) is 1. The van der Waals surface area contributed by atoms with E-state index in [4.69, 9.17) is 19.9 Å². The second-order valence-corrected chi connectivity index (χ2v) is 2.96. The molecule has 0 radical (unpaired) electrons. The number of nitrogen functional groups attached to an aromatic ring is 1. The van der Waals surface area contributed by atoms with E-state index >= 15 is 0 Å². The minimum absolute atomic E-state index is 0.508. The lowest BCUT2D eigenvalue weighted by molar-refractivity contribution is 0.109. The Kier molecular flexibility index (Phi) is 4.77. The van der Waals surface area contributed by atoms with E-state index in [1.165, 1.54) is 0 Å². The summed E-state index contributed by atoms with van der Waals surface area (Å²) in [5, 5.41) is 0. The number of rotatable bonds is 6. The van der Waals surface area contributed by atoms with Crippen molar-refractivity contribution in [2.45, 2.75) is 6.92 Å². The summed E-state index contributed by atoms with van der Waals surface area (Å²) in [4.78, 5) is 0. The summed E-state index contributed by atoms with van der Waals surface area (Å²) < 4.78 is 15.8. The van der Waals surface area contributed by atoms with Crippen molar-refractivity contribution in [2.24, 2.45) is 0 Å². The number of anilines is 1. The van der Waals surface area contributed by atoms with Crippen molar-refractivity contribution in [1.82, 2.24) is 0 Å². The maximum absolute atomic E-state index is 5.62. The number of nitrogens with two attached hydrogens (primary N) is 1. The van der Waals surface area contributed by atoms with E-state index in [2.05, 4.69) is 0 Å². The predicted octanol–water partition coefficient (Wildman–Crippen LogP) is 1.69. The lowest BCUT2D eigenvalue weighted by Gasteiger charge is -2.10. The van der Waals surface area contributed by atoms with Gasteiger partial charge >= 0.3 is 0 Å². The van der Waals surface area contributed by atoms with Crippen molar-refractivity contribution < 1.29 is 14.2 Å². The minimum Gasteiger partial charge on any atom is -0.493 e. The Hall–Kier alpha value is -1.42. The van der Waals surface area contributed by atoms with Crippen LogP contribution < -0.4 is 15.2 Å². The molecule has 0 spiro atoms. The Morgan fingerprint density at radius 2 is 2.00 bits per heavy atom. The quantitative estimate of drug-likeness (QED) is 0.574. The molecule has 1 aromatic rings. The molecule has 0 aromatic heterocycles. The maximum atomic E-state index is 5.62. The third kappa shape index (κ3) is 3.67. The average Bonchev–Trinajstić information content (AvgIpc) is 2.26. The highest BCUT2D eigenvalue weighted by atomic mass is 16.5. The molecular weight excluding hydrogens is 194 g/mol. The zero-order chi connectivity index (χ0) is 11.1. The van der Waals surface area contributed by atoms with Gasteiger partial charge in [-0.05, 0) is 19.1 Å². The molecule has 0 fully saturated rings. The van der Waals surface area contributed by atoms with Gasteiger partial charge in [0.1, 0.15) is 6.61 Å². The maximum Gasteiger partial charge on any atom is 0.162 e. The molecule has 0 aliphatic heterocycles. The first-order valence-electron chi connectivity index (χ1n) is 4.92. The first-order chi connectivity index (χ1) is 7.27. The van der Waals surface area contributed by atoms with Gasteiger partial charge in [-0.3, -0.25) is 0 Å². The van der Waals surface area contributed by atoms with Crippen LogP contribution >= 0.6 is 0 Å². The zero-order valence-electron chi connectivity index (χ0n) is 9.16. The van der Waals surface area contributed by atoms with E-state index < -0.39 is 0 Å². The first-order valence-corrected chi connectivity index (χ1v) is 4.92. The molecule has 1 aromatic carbocycles. The lowest BCUT2D eigenvalue weighted by atomic mass is 10.3. The molecule has 0 unspecified atom stereocenters. The molecule has 0 aliphatic carbocycles. The highest BCUT2D eigenvalue weighted by molar-refractivity contribution is 5.51. The largest absolute Gasteiger partial charge is 0.493 e. The minimum atomic E-state index is 0.508. The van der Waals surface area contributed by atoms with Crippen molar-refractivity contribution in [3.05, 3.63) is 18.2 Å². The molecule has 0 heterocycles. The topological polar surface area (TPSA) is 53.7 Å². The number of ether oxygens (including phenoxy) is 3. The number of methoxy groups -OCH3 is 1. The van der Waals surface area contributed by atoms with Gasteiger partial charge in [0.2, 0.25) is 0 Å². The van der Waals surface area contributed by atoms with E-state index in [9.17, 15) is 0 Å². The molecule has 4 heteroatoms. The molecule has 84 valence electrons. The van der Waals surface area contributed by atoms with E-state index in [0.29, 0.717) is 37.0 Å². The van der Waals surface area contributed by atoms with E-state index in [1.54, 1.807) is 25.3 Å². The van der Waals surface area contributed by atoms with Crippen LogP contribution in [0, 0.1) is 0 Å². The highest BCUT2D eigenvalue weighted by Crippen LogP contribution is 2.28. The van der Waals surface area contributed by atoms with E-state index in [1.807, 2.05) is 6.92 Å². The van der Waals surface area contributed by atoms with Gasteiger partial charge in [0.05, 0.1) is 13.7 Å². The molecule has 0 saturated heterocycles. The third-order valence-electron chi connectivity index (χ3n) is 1.88. The van der Waals surface area contributed by atoms with Crippen molar-refractivity contribution >= 4 is 5.69 Å². The van der Waals surface area contributed by atoms with Crippen LogP contribution in [0.5, 0.6) is 11.5 Å². The van der Waals surface area contributed by atoms with Crippen LogP contribution in [-0.2, 0) is 4.74 Å². The summed E-state index contributed by atoms with van der Waals surface area (Å²) in [7, 11) is 1.59. The summed E-state index contributed by atoms with van der Waals surface area (Å²) >= 11 is 0. The molecular formula is C11H17NO3. The van der Waals surface area contributed by atoms with Crippen molar-refractivity contribution in [2.75, 3.05) is 32.7 Å². The van der Waals surface area contributed by atoms with Gasteiger partial charge in [0.15, 0.2) is 11.5 Å². The Morgan fingerprint density at radius 1 is 1.20 bits per heavy atom. The molecule has 1 rings (SSSR count). The van der Waals surface area contributed by atoms with Gasteiger partial charge < -0.3 is 19.9 Å². The van der Waals surface area contributed by atoms with Gasteiger partial charge in [0.25, 0.3) is 0 Å². The van der Waals surface area contributed by atoms with Crippen LogP contribution in [0.15, 0.2) is 18.2 Å². The van der Waals surface area contributed by atoms with Crippen molar-refractivity contribution in [3.8, 4) is 11.5 Å². The van der Waals surface area contributed by atoms with Gasteiger partial charge in [-0.15, -0.1) is 0 Å². The second-order valence-electron chi connectivity index (χ2n) is 2.96. The van der Waals surface area contributed by atoms with E-state index in [0.717, 1.165) is 0 Å². The van der Waals surface area contributed by atoms with Crippen LogP contribution in [0.25, 0.3) is 0 Å². The summed E-state index contributed by atoms with van der Waals surface area (Å²) in [6.07, 6.45) is 0. The standard InChI is InChI=1S/C11H17NO3/c1-3-14-6-7-15-10-5-4-9(12)8-11(10)13-2/h4-5,8H,3,6-7,12H2,1-2H3. The number of benzene rings is 1. The monoisotopic (exact) mass is 211 g/mol. The number of hydrogen-bond acceptors (Lipinski definition) is 4. The van der Waals surface area contributed by atoms with Crippen molar-refractivity contribution in [1.29, 1.82) is 0 Å². The van der Waals surface area contributed by atoms with Gasteiger partial charge in [-0.25, -0.2) is 0 Å². The Bertz CT molecular complexity index is 302. The Morgan fingerprint density at radius 3 is 2.67 bits per heavy atom. The summed E-state index contributed by atoms with van der Waals surface area (Å²) in [6.45, 7) is 3.73. The smallest absolute Gasteiger partial charge is 0.162 e. The van der Waals surface area contributed by atoms with Crippen LogP contribution in [-0.4, -0.2) is 26.9 Å². The molecule has 2 N–H and O–H groups in total. The average molecular weight is 211 g/mol. The SMILES string of the molecule is CCOCCOc1ccc(N)cc1OC. The van der Waals surface area contributed by atoms with Crippen LogP contribution in [0.4, 0.5) is 5.69 Å². The zero-order valence-corrected chi connectivity index (χ0v) is 9.16. The summed E-state index contributed by atoms with van der Waals surface area (Å²) in [6, 6.07) is 5.30. The molecule has 4 nitrogen and oxygen atoms in total. The fourth-order valence-corrected chi connectivity index (χ4v) is 1.16. The van der Waals surface area contributed by atoms with Crippen LogP contribution in [0.2, 0.25) is 0 Å². The van der Waals surface area contributed by atoms with Gasteiger partial charge in [-0.1, -0.05) is 0 Å². The Balaban J connectivity index is 2.52. The molecule has 0 saturated carbocycles. The van der Waals surface area contributed by atoms with E-state index in [-0.39, 0.29) is 0 Å². The van der Waals surface area contributed by atoms with Crippen LogP contribution in [0.1, 0.15) is 6.92 Å². The van der Waals surface area contributed by atoms with Gasteiger partial charge in [0, 0.05) is 18.4 Å². The first kappa shape index (κ1) is 11.7. The highest BCUT2D eigenvalue weighted by Gasteiger charge is 2.03.